The molecule has 27 heavy (non-hydrogen) atoms. The van der Waals surface area contributed by atoms with E-state index >= 15 is 0 Å². The smallest absolute Gasteiger partial charge is 0.174 e. The Hall–Kier alpha value is -2.79. The summed E-state index contributed by atoms with van der Waals surface area (Å²) in [7, 11) is 0. The van der Waals surface area contributed by atoms with Crippen molar-refractivity contribution in [2.24, 2.45) is 0 Å². The molecule has 1 heterocycles. The lowest BCUT2D eigenvalue weighted by Gasteiger charge is -2.26. The maximum absolute atomic E-state index is 5.73. The van der Waals surface area contributed by atoms with Crippen molar-refractivity contribution in [3.05, 3.63) is 83.8 Å². The van der Waals surface area contributed by atoms with Gasteiger partial charge >= 0.3 is 0 Å². The molecule has 5 heteroatoms. The highest BCUT2D eigenvalue weighted by Crippen LogP contribution is 2.25. The molecule has 0 amide bonds. The number of nitrogens with one attached hydrogen (secondary N) is 1. The first-order valence-electron chi connectivity index (χ1n) is 9.02. The van der Waals surface area contributed by atoms with Gasteiger partial charge in [-0.15, -0.1) is 0 Å². The normalized spacial score (nSPS) is 10.4. The molecule has 0 aliphatic carbocycles. The van der Waals surface area contributed by atoms with Crippen LogP contribution in [0.5, 0.6) is 5.75 Å². The van der Waals surface area contributed by atoms with Crippen molar-refractivity contribution in [1.29, 1.82) is 0 Å². The average molecular weight is 381 g/mol. The zero-order valence-electron chi connectivity index (χ0n) is 15.6. The zero-order valence-corrected chi connectivity index (χ0v) is 16.5. The molecule has 3 aromatic rings. The molecule has 2 aromatic carbocycles. The molecule has 0 saturated carbocycles. The van der Waals surface area contributed by atoms with Gasteiger partial charge in [-0.05, 0) is 61.5 Å². The molecule has 3 rings (SSSR count). The monoisotopic (exact) mass is 380 g/mol. The highest BCUT2D eigenvalue weighted by atomic mass is 32.1. The number of nitrogens with zero attached hydrogens (tertiary/aromatic N) is 1. The van der Waals surface area contributed by atoms with Crippen LogP contribution in [-0.2, 0) is 13.1 Å². The van der Waals surface area contributed by atoms with Gasteiger partial charge in [0.2, 0.25) is 0 Å². The van der Waals surface area contributed by atoms with Crippen LogP contribution in [-0.4, -0.2) is 16.6 Å². The predicted molar refractivity (Wildman–Crippen MR) is 113 cm³/mol. The van der Waals surface area contributed by atoms with E-state index in [9.17, 15) is 0 Å². The zero-order chi connectivity index (χ0) is 19.1. The summed E-state index contributed by atoms with van der Waals surface area (Å²) in [5, 5.41) is 3.96. The lowest BCUT2D eigenvalue weighted by molar-refractivity contribution is 0.341. The molecule has 0 aliphatic rings. The number of aryl methyl sites for hydroxylation is 1. The minimum atomic E-state index is 0.587. The lowest BCUT2D eigenvalue weighted by atomic mass is 10.1. The average Bonchev–Trinajstić information content (AvgIpc) is 3.18. The molecule has 0 spiro atoms. The Morgan fingerprint density at radius 3 is 2.56 bits per heavy atom. The highest BCUT2D eigenvalue weighted by molar-refractivity contribution is 7.80. The second-order valence-corrected chi connectivity index (χ2v) is 6.61. The summed E-state index contributed by atoms with van der Waals surface area (Å²) in [5.41, 5.74) is 3.32. The number of benzene rings is 2. The SMILES string of the molecule is CCOc1ccccc1NC(=S)N(Cc1ccco1)Cc1ccccc1C. The fourth-order valence-electron chi connectivity index (χ4n) is 2.83. The number of ether oxygens (including phenoxy) is 1. The number of rotatable bonds is 7. The molecule has 0 saturated heterocycles. The summed E-state index contributed by atoms with van der Waals surface area (Å²) < 4.78 is 11.2. The van der Waals surface area contributed by atoms with Crippen LogP contribution >= 0.6 is 12.2 Å². The number of thiocarbonyl (C=S) groups is 1. The van der Waals surface area contributed by atoms with Crippen LogP contribution in [0.4, 0.5) is 5.69 Å². The summed E-state index contributed by atoms with van der Waals surface area (Å²) in [6.45, 7) is 5.96. The van der Waals surface area contributed by atoms with Gasteiger partial charge in [-0.2, -0.15) is 0 Å². The molecule has 1 aromatic heterocycles. The molecule has 4 nitrogen and oxygen atoms in total. The molecule has 0 unspecified atom stereocenters. The third-order valence-electron chi connectivity index (χ3n) is 4.26. The third kappa shape index (κ3) is 5.11. The van der Waals surface area contributed by atoms with E-state index in [-0.39, 0.29) is 0 Å². The Morgan fingerprint density at radius 1 is 1.04 bits per heavy atom. The van der Waals surface area contributed by atoms with Crippen molar-refractivity contribution < 1.29 is 9.15 Å². The Bertz CT molecular complexity index is 878. The first kappa shape index (κ1) is 19.0. The molecular weight excluding hydrogens is 356 g/mol. The van der Waals surface area contributed by atoms with Crippen LogP contribution in [0.15, 0.2) is 71.3 Å². The van der Waals surface area contributed by atoms with Gasteiger partial charge in [0.25, 0.3) is 0 Å². The Morgan fingerprint density at radius 2 is 1.81 bits per heavy atom. The van der Waals surface area contributed by atoms with Gasteiger partial charge in [0.15, 0.2) is 5.11 Å². The van der Waals surface area contributed by atoms with Crippen molar-refractivity contribution >= 4 is 23.0 Å². The number of hydrogen-bond acceptors (Lipinski definition) is 3. The predicted octanol–water partition coefficient (Wildman–Crippen LogP) is 5.39. The summed E-state index contributed by atoms with van der Waals surface area (Å²) in [6, 6.07) is 20.0. The first-order valence-corrected chi connectivity index (χ1v) is 9.43. The molecule has 0 bridgehead atoms. The Balaban J connectivity index is 1.81. The number of hydrogen-bond donors (Lipinski definition) is 1. The molecular formula is C22H24N2O2S. The van der Waals surface area contributed by atoms with Crippen molar-refractivity contribution in [3.63, 3.8) is 0 Å². The number of furan rings is 1. The molecule has 0 radical (unpaired) electrons. The van der Waals surface area contributed by atoms with E-state index in [0.29, 0.717) is 24.8 Å². The fourth-order valence-corrected chi connectivity index (χ4v) is 3.07. The molecule has 0 atom stereocenters. The van der Waals surface area contributed by atoms with Crippen LogP contribution in [0.1, 0.15) is 23.8 Å². The maximum atomic E-state index is 5.73. The van der Waals surface area contributed by atoms with Crippen molar-refractivity contribution in [2.75, 3.05) is 11.9 Å². The largest absolute Gasteiger partial charge is 0.492 e. The van der Waals surface area contributed by atoms with Crippen LogP contribution in [0, 0.1) is 6.92 Å². The van der Waals surface area contributed by atoms with Crippen LogP contribution in [0.25, 0.3) is 0 Å². The first-order chi connectivity index (χ1) is 13.2. The Labute approximate surface area is 165 Å². The van der Waals surface area contributed by atoms with Gasteiger partial charge in [0.05, 0.1) is 25.1 Å². The van der Waals surface area contributed by atoms with E-state index in [1.54, 1.807) is 6.26 Å². The summed E-state index contributed by atoms with van der Waals surface area (Å²) in [5.74, 6) is 1.65. The number of para-hydroxylation sites is 2. The van der Waals surface area contributed by atoms with E-state index in [4.69, 9.17) is 21.4 Å². The van der Waals surface area contributed by atoms with Crippen molar-refractivity contribution in [2.45, 2.75) is 26.9 Å². The van der Waals surface area contributed by atoms with Crippen molar-refractivity contribution in [1.82, 2.24) is 4.90 Å². The van der Waals surface area contributed by atoms with E-state index in [1.807, 2.05) is 55.5 Å². The molecule has 0 aliphatic heterocycles. The molecule has 1 N–H and O–H groups in total. The third-order valence-corrected chi connectivity index (χ3v) is 4.63. The van der Waals surface area contributed by atoms with E-state index in [1.165, 1.54) is 11.1 Å². The standard InChI is InChI=1S/C22H24N2O2S/c1-3-25-21-13-7-6-12-20(21)23-22(27)24(16-19-11-8-14-26-19)15-18-10-5-4-9-17(18)2/h4-14H,3,15-16H2,1-2H3,(H,23,27). The van der Waals surface area contributed by atoms with E-state index in [2.05, 4.69) is 29.3 Å². The second kappa shape index (κ2) is 9.24. The van der Waals surface area contributed by atoms with Gasteiger partial charge in [-0.3, -0.25) is 0 Å². The van der Waals surface area contributed by atoms with Gasteiger partial charge in [-0.1, -0.05) is 36.4 Å². The molecule has 140 valence electrons. The summed E-state index contributed by atoms with van der Waals surface area (Å²) >= 11 is 5.73. The minimum absolute atomic E-state index is 0.587. The lowest BCUT2D eigenvalue weighted by Crippen LogP contribution is -2.34. The second-order valence-electron chi connectivity index (χ2n) is 6.22. The molecule has 0 fully saturated rings. The van der Waals surface area contributed by atoms with Crippen LogP contribution in [0.2, 0.25) is 0 Å². The van der Waals surface area contributed by atoms with Gasteiger partial charge < -0.3 is 19.4 Å². The van der Waals surface area contributed by atoms with Crippen molar-refractivity contribution in [3.8, 4) is 5.75 Å². The minimum Gasteiger partial charge on any atom is -0.492 e. The maximum Gasteiger partial charge on any atom is 0.174 e. The van der Waals surface area contributed by atoms with Gasteiger partial charge in [0, 0.05) is 6.54 Å². The summed E-state index contributed by atoms with van der Waals surface area (Å²) in [6.07, 6.45) is 1.68. The van der Waals surface area contributed by atoms with Gasteiger partial charge in [-0.25, -0.2) is 0 Å². The van der Waals surface area contributed by atoms with Gasteiger partial charge in [0.1, 0.15) is 11.5 Å². The van der Waals surface area contributed by atoms with E-state index in [0.717, 1.165) is 17.2 Å². The highest BCUT2D eigenvalue weighted by Gasteiger charge is 2.15. The van der Waals surface area contributed by atoms with Crippen LogP contribution in [0.3, 0.4) is 0 Å². The van der Waals surface area contributed by atoms with E-state index < -0.39 is 0 Å². The van der Waals surface area contributed by atoms with Crippen LogP contribution < -0.4 is 10.1 Å². The fraction of sp³-hybridized carbons (Fsp3) is 0.227. The quantitative estimate of drug-likeness (QED) is 0.557. The summed E-state index contributed by atoms with van der Waals surface area (Å²) in [4.78, 5) is 2.10. The Kier molecular flexibility index (Phi) is 6.49. The number of anilines is 1. The topological polar surface area (TPSA) is 37.6 Å².